The second kappa shape index (κ2) is 5.99. The van der Waals surface area contributed by atoms with Gasteiger partial charge in [-0.15, -0.1) is 0 Å². The van der Waals surface area contributed by atoms with Gasteiger partial charge in [0.1, 0.15) is 10.7 Å². The van der Waals surface area contributed by atoms with E-state index in [0.717, 1.165) is 18.0 Å². The summed E-state index contributed by atoms with van der Waals surface area (Å²) >= 11 is 1.34. The smallest absolute Gasteiger partial charge is 0.265 e. The Hall–Kier alpha value is -1.30. The molecule has 0 spiro atoms. The minimum absolute atomic E-state index is 0.0839. The molecule has 5 nitrogen and oxygen atoms in total. The van der Waals surface area contributed by atoms with Crippen LogP contribution in [0.25, 0.3) is 0 Å². The van der Waals surface area contributed by atoms with Crippen molar-refractivity contribution in [2.45, 2.75) is 39.2 Å². The molecule has 1 aromatic heterocycles. The number of rotatable bonds is 3. The van der Waals surface area contributed by atoms with Crippen molar-refractivity contribution in [3.05, 3.63) is 4.88 Å². The van der Waals surface area contributed by atoms with Gasteiger partial charge in [-0.05, 0) is 31.1 Å². The summed E-state index contributed by atoms with van der Waals surface area (Å²) in [4.78, 5) is 19.0. The molecule has 1 aliphatic rings. The van der Waals surface area contributed by atoms with Crippen molar-refractivity contribution in [2.24, 2.45) is 11.8 Å². The van der Waals surface area contributed by atoms with Gasteiger partial charge in [0.2, 0.25) is 0 Å². The molecule has 1 aliphatic carbocycles. The average molecular weight is 296 g/mol. The molecule has 1 heterocycles. The van der Waals surface area contributed by atoms with Crippen LogP contribution < -0.4 is 16.0 Å². The zero-order valence-corrected chi connectivity index (χ0v) is 13.5. The summed E-state index contributed by atoms with van der Waals surface area (Å²) in [5.74, 6) is 1.58. The van der Waals surface area contributed by atoms with Gasteiger partial charge in [-0.1, -0.05) is 25.2 Å². The SMILES string of the molecule is CC1CC(C)CC(NC(=O)c2sc(N(C)C)nc2N)C1. The molecule has 2 rings (SSSR count). The normalized spacial score (nSPS) is 26.3. The fourth-order valence-corrected chi connectivity index (χ4v) is 3.80. The number of nitrogen functional groups attached to an aromatic ring is 1. The molecular formula is C14H24N4OS. The third-order valence-electron chi connectivity index (χ3n) is 3.74. The van der Waals surface area contributed by atoms with Gasteiger partial charge in [0.25, 0.3) is 5.91 Å². The molecule has 1 aromatic rings. The van der Waals surface area contributed by atoms with Crippen molar-refractivity contribution in [1.82, 2.24) is 10.3 Å². The molecule has 0 radical (unpaired) electrons. The largest absolute Gasteiger partial charge is 0.382 e. The lowest BCUT2D eigenvalue weighted by Crippen LogP contribution is -2.39. The van der Waals surface area contributed by atoms with Gasteiger partial charge in [-0.25, -0.2) is 4.98 Å². The van der Waals surface area contributed by atoms with E-state index in [4.69, 9.17) is 5.73 Å². The summed E-state index contributed by atoms with van der Waals surface area (Å²) in [6, 6.07) is 0.255. The highest BCUT2D eigenvalue weighted by Crippen LogP contribution is 2.30. The predicted molar refractivity (Wildman–Crippen MR) is 84.3 cm³/mol. The van der Waals surface area contributed by atoms with Crippen LogP contribution in [0.5, 0.6) is 0 Å². The molecule has 20 heavy (non-hydrogen) atoms. The standard InChI is InChI=1S/C14H24N4OS/c1-8-5-9(2)7-10(6-8)16-13(19)11-12(15)17-14(20-11)18(3)4/h8-10H,5-7,15H2,1-4H3,(H,16,19). The van der Waals surface area contributed by atoms with Crippen LogP contribution in [0.15, 0.2) is 0 Å². The first-order chi connectivity index (χ1) is 9.36. The Morgan fingerprint density at radius 2 is 1.90 bits per heavy atom. The van der Waals surface area contributed by atoms with Gasteiger partial charge < -0.3 is 16.0 Å². The van der Waals surface area contributed by atoms with Gasteiger partial charge in [0, 0.05) is 20.1 Å². The molecule has 1 saturated carbocycles. The van der Waals surface area contributed by atoms with Crippen LogP contribution in [0.1, 0.15) is 42.8 Å². The number of anilines is 2. The molecule has 6 heteroatoms. The van der Waals surface area contributed by atoms with Crippen molar-refractivity contribution in [2.75, 3.05) is 24.7 Å². The Kier molecular flexibility index (Phi) is 4.52. The van der Waals surface area contributed by atoms with Crippen molar-refractivity contribution < 1.29 is 4.79 Å². The number of hydrogen-bond donors (Lipinski definition) is 2. The lowest BCUT2D eigenvalue weighted by molar-refractivity contribution is 0.0916. The number of nitrogens with one attached hydrogen (secondary N) is 1. The van der Waals surface area contributed by atoms with Crippen LogP contribution in [0.4, 0.5) is 10.9 Å². The van der Waals surface area contributed by atoms with E-state index >= 15 is 0 Å². The van der Waals surface area contributed by atoms with E-state index in [0.29, 0.717) is 22.5 Å². The number of carbonyl (C=O) groups is 1. The Balaban J connectivity index is 2.04. The van der Waals surface area contributed by atoms with Gasteiger partial charge in [0.15, 0.2) is 5.13 Å². The van der Waals surface area contributed by atoms with Crippen LogP contribution in [0.3, 0.4) is 0 Å². The molecule has 1 amide bonds. The van der Waals surface area contributed by atoms with E-state index < -0.39 is 0 Å². The Morgan fingerprint density at radius 3 is 2.40 bits per heavy atom. The van der Waals surface area contributed by atoms with E-state index in [-0.39, 0.29) is 11.9 Å². The molecule has 0 bridgehead atoms. The zero-order valence-electron chi connectivity index (χ0n) is 12.6. The zero-order chi connectivity index (χ0) is 14.9. The molecule has 2 unspecified atom stereocenters. The summed E-state index contributed by atoms with van der Waals surface area (Å²) < 4.78 is 0. The third-order valence-corrected chi connectivity index (χ3v) is 4.98. The number of nitrogens with zero attached hydrogens (tertiary/aromatic N) is 2. The van der Waals surface area contributed by atoms with E-state index in [2.05, 4.69) is 24.1 Å². The molecule has 0 aromatic carbocycles. The van der Waals surface area contributed by atoms with Gasteiger partial charge in [0.05, 0.1) is 0 Å². The summed E-state index contributed by atoms with van der Waals surface area (Å²) in [5, 5.41) is 3.88. The minimum atomic E-state index is -0.0839. The Bertz CT molecular complexity index is 476. The van der Waals surface area contributed by atoms with E-state index in [1.807, 2.05) is 19.0 Å². The van der Waals surface area contributed by atoms with Crippen molar-refractivity contribution in [1.29, 1.82) is 0 Å². The van der Waals surface area contributed by atoms with Gasteiger partial charge >= 0.3 is 0 Å². The second-order valence-electron chi connectivity index (χ2n) is 6.19. The molecule has 3 N–H and O–H groups in total. The molecule has 2 atom stereocenters. The number of nitrogens with two attached hydrogens (primary N) is 1. The maximum absolute atomic E-state index is 12.3. The summed E-state index contributed by atoms with van der Waals surface area (Å²) in [7, 11) is 3.79. The molecule has 112 valence electrons. The van der Waals surface area contributed by atoms with Crippen molar-refractivity contribution >= 4 is 28.2 Å². The number of thiazole rings is 1. The summed E-state index contributed by atoms with van der Waals surface area (Å²) in [6.07, 6.45) is 3.35. The van der Waals surface area contributed by atoms with Crippen molar-refractivity contribution in [3.8, 4) is 0 Å². The van der Waals surface area contributed by atoms with E-state index in [1.54, 1.807) is 0 Å². The first kappa shape index (κ1) is 15.1. The summed E-state index contributed by atoms with van der Waals surface area (Å²) in [5.41, 5.74) is 5.85. The van der Waals surface area contributed by atoms with Crippen LogP contribution >= 0.6 is 11.3 Å². The number of amides is 1. The number of hydrogen-bond acceptors (Lipinski definition) is 5. The maximum Gasteiger partial charge on any atom is 0.265 e. The van der Waals surface area contributed by atoms with Crippen LogP contribution in [-0.4, -0.2) is 31.0 Å². The van der Waals surface area contributed by atoms with Gasteiger partial charge in [-0.2, -0.15) is 0 Å². The van der Waals surface area contributed by atoms with Crippen LogP contribution in [0.2, 0.25) is 0 Å². The fourth-order valence-electron chi connectivity index (χ4n) is 2.99. The number of carbonyl (C=O) groups excluding carboxylic acids is 1. The fraction of sp³-hybridized carbons (Fsp3) is 0.714. The molecule has 1 fully saturated rings. The average Bonchev–Trinajstić information content (AvgIpc) is 2.70. The number of aromatic nitrogens is 1. The molecular weight excluding hydrogens is 272 g/mol. The van der Waals surface area contributed by atoms with Gasteiger partial charge in [-0.3, -0.25) is 4.79 Å². The highest BCUT2D eigenvalue weighted by molar-refractivity contribution is 7.18. The quantitative estimate of drug-likeness (QED) is 0.898. The highest BCUT2D eigenvalue weighted by atomic mass is 32.1. The van der Waals surface area contributed by atoms with Crippen LogP contribution in [0, 0.1) is 11.8 Å². The lowest BCUT2D eigenvalue weighted by Gasteiger charge is -2.31. The predicted octanol–water partition coefficient (Wildman–Crippen LogP) is 2.35. The minimum Gasteiger partial charge on any atom is -0.382 e. The topological polar surface area (TPSA) is 71.2 Å². The monoisotopic (exact) mass is 296 g/mol. The Labute approximate surface area is 124 Å². The first-order valence-electron chi connectivity index (χ1n) is 7.11. The lowest BCUT2D eigenvalue weighted by atomic mass is 9.80. The third kappa shape index (κ3) is 3.42. The summed E-state index contributed by atoms with van der Waals surface area (Å²) in [6.45, 7) is 4.50. The van der Waals surface area contributed by atoms with E-state index in [1.165, 1.54) is 17.8 Å². The maximum atomic E-state index is 12.3. The van der Waals surface area contributed by atoms with E-state index in [9.17, 15) is 4.79 Å². The highest BCUT2D eigenvalue weighted by Gasteiger charge is 2.26. The van der Waals surface area contributed by atoms with Crippen LogP contribution in [-0.2, 0) is 0 Å². The van der Waals surface area contributed by atoms with Crippen molar-refractivity contribution in [3.63, 3.8) is 0 Å². The second-order valence-corrected chi connectivity index (χ2v) is 7.17. The molecule has 0 saturated heterocycles. The first-order valence-corrected chi connectivity index (χ1v) is 7.93. The molecule has 0 aliphatic heterocycles. The Morgan fingerprint density at radius 1 is 1.30 bits per heavy atom.